The number of hydrogen-bond donors (Lipinski definition) is 3. The van der Waals surface area contributed by atoms with E-state index in [4.69, 9.17) is 16.3 Å². The third kappa shape index (κ3) is 8.75. The fourth-order valence-corrected chi connectivity index (χ4v) is 3.03. The molecule has 0 radical (unpaired) electrons. The number of nitrogens with one attached hydrogen (secondary N) is 3. The molecule has 170 valence electrons. The first kappa shape index (κ1) is 25.0. The number of carbonyl (C=O) groups excluding carboxylic acids is 1. The van der Waals surface area contributed by atoms with Gasteiger partial charge < -0.3 is 20.7 Å². The standard InChI is InChI=1S/C24H35ClN4O2/c1-5-17(3)22(16-27-18(4)6-2)29-24(30)28-21-15-19(25)11-12-23(21)31-14-8-13-26-20-9-7-10-20/h6,11-12,15-16,20,26H,5,7-10,13-14H2,1-4H3,(H2,28,29,30)/b18-6-,22-17-,27-16+. The second kappa shape index (κ2) is 13.2. The second-order valence-corrected chi connectivity index (χ2v) is 8.18. The molecule has 0 saturated heterocycles. The number of carbonyl (C=O) groups is 1. The van der Waals surface area contributed by atoms with Crippen LogP contribution in [0, 0.1) is 0 Å². The molecule has 0 bridgehead atoms. The van der Waals surface area contributed by atoms with E-state index in [-0.39, 0.29) is 6.03 Å². The van der Waals surface area contributed by atoms with Gasteiger partial charge in [0.15, 0.2) is 0 Å². The van der Waals surface area contributed by atoms with E-state index in [0.717, 1.165) is 30.7 Å². The van der Waals surface area contributed by atoms with E-state index in [0.29, 0.717) is 34.8 Å². The lowest BCUT2D eigenvalue weighted by Crippen LogP contribution is -2.36. The topological polar surface area (TPSA) is 74.8 Å². The summed E-state index contributed by atoms with van der Waals surface area (Å²) in [6.07, 6.45) is 9.16. The van der Waals surface area contributed by atoms with Crippen LogP contribution in [-0.4, -0.2) is 31.4 Å². The van der Waals surface area contributed by atoms with Crippen molar-refractivity contribution in [3.05, 3.63) is 46.3 Å². The lowest BCUT2D eigenvalue weighted by Gasteiger charge is -2.26. The van der Waals surface area contributed by atoms with Crippen LogP contribution in [0.15, 0.2) is 46.2 Å². The van der Waals surface area contributed by atoms with Gasteiger partial charge in [0.25, 0.3) is 0 Å². The summed E-state index contributed by atoms with van der Waals surface area (Å²) < 4.78 is 5.91. The molecule has 6 nitrogen and oxygen atoms in total. The molecule has 2 amide bonds. The summed E-state index contributed by atoms with van der Waals surface area (Å²) in [6.45, 7) is 9.33. The van der Waals surface area contributed by atoms with E-state index in [9.17, 15) is 4.79 Å². The lowest BCUT2D eigenvalue weighted by molar-refractivity contribution is 0.254. The number of urea groups is 1. The Bertz CT molecular complexity index is 829. The van der Waals surface area contributed by atoms with Gasteiger partial charge in [-0.2, -0.15) is 0 Å². The van der Waals surface area contributed by atoms with Crippen molar-refractivity contribution in [2.24, 2.45) is 4.99 Å². The first-order chi connectivity index (χ1) is 14.9. The number of allylic oxidation sites excluding steroid dienone is 4. The SMILES string of the molecule is C\C=C(C)/N=C/C(NC(=O)Nc1cc(Cl)ccc1OCCCNC1CCC1)=C(\C)CC. The van der Waals surface area contributed by atoms with Crippen LogP contribution in [0.1, 0.15) is 59.8 Å². The summed E-state index contributed by atoms with van der Waals surface area (Å²) >= 11 is 6.15. The first-order valence-electron chi connectivity index (χ1n) is 11.0. The van der Waals surface area contributed by atoms with Crippen molar-refractivity contribution in [1.82, 2.24) is 10.6 Å². The minimum atomic E-state index is -0.369. The molecule has 1 aromatic rings. The molecular formula is C24H35ClN4O2. The average Bonchev–Trinajstić information content (AvgIpc) is 2.72. The van der Waals surface area contributed by atoms with Gasteiger partial charge in [0.1, 0.15) is 5.75 Å². The van der Waals surface area contributed by atoms with Crippen LogP contribution in [0.2, 0.25) is 5.02 Å². The van der Waals surface area contributed by atoms with E-state index >= 15 is 0 Å². The van der Waals surface area contributed by atoms with Crippen molar-refractivity contribution in [2.75, 3.05) is 18.5 Å². The van der Waals surface area contributed by atoms with Crippen LogP contribution < -0.4 is 20.7 Å². The predicted octanol–water partition coefficient (Wildman–Crippen LogP) is 6.05. The highest BCUT2D eigenvalue weighted by molar-refractivity contribution is 6.31. The number of rotatable bonds is 11. The number of anilines is 1. The van der Waals surface area contributed by atoms with Crippen molar-refractivity contribution < 1.29 is 9.53 Å². The highest BCUT2D eigenvalue weighted by Gasteiger charge is 2.16. The van der Waals surface area contributed by atoms with Gasteiger partial charge in [0, 0.05) is 16.8 Å². The van der Waals surface area contributed by atoms with Crippen molar-refractivity contribution in [3.8, 4) is 5.75 Å². The van der Waals surface area contributed by atoms with Crippen molar-refractivity contribution in [3.63, 3.8) is 0 Å². The molecule has 1 aliphatic rings. The monoisotopic (exact) mass is 446 g/mol. The maximum Gasteiger partial charge on any atom is 0.323 e. The Morgan fingerprint density at radius 3 is 2.74 bits per heavy atom. The van der Waals surface area contributed by atoms with E-state index in [1.54, 1.807) is 24.4 Å². The summed E-state index contributed by atoms with van der Waals surface area (Å²) in [5.41, 5.74) is 3.12. The van der Waals surface area contributed by atoms with Crippen molar-refractivity contribution >= 4 is 29.5 Å². The molecule has 0 aromatic heterocycles. The second-order valence-electron chi connectivity index (χ2n) is 7.74. The molecule has 0 heterocycles. The van der Waals surface area contributed by atoms with Crippen molar-refractivity contribution in [1.29, 1.82) is 0 Å². The largest absolute Gasteiger partial charge is 0.491 e. The number of benzene rings is 1. The molecule has 0 unspecified atom stereocenters. The Balaban J connectivity index is 1.96. The fraction of sp³-hybridized carbons (Fsp3) is 0.500. The third-order valence-corrected chi connectivity index (χ3v) is 5.60. The van der Waals surface area contributed by atoms with Crippen molar-refractivity contribution in [2.45, 2.75) is 65.8 Å². The van der Waals surface area contributed by atoms with Crippen LogP contribution >= 0.6 is 11.6 Å². The first-order valence-corrected chi connectivity index (χ1v) is 11.4. The Kier molecular flexibility index (Phi) is 10.6. The number of aliphatic imine (C=N–C) groups is 1. The quantitative estimate of drug-likeness (QED) is 0.286. The minimum absolute atomic E-state index is 0.369. The smallest absolute Gasteiger partial charge is 0.323 e. The molecule has 2 rings (SSSR count). The Hall–Kier alpha value is -2.31. The van der Waals surface area contributed by atoms with Crippen LogP contribution in [0.3, 0.4) is 0 Å². The molecule has 0 atom stereocenters. The Morgan fingerprint density at radius 1 is 1.32 bits per heavy atom. The zero-order chi connectivity index (χ0) is 22.6. The maximum absolute atomic E-state index is 12.7. The molecule has 1 saturated carbocycles. The van der Waals surface area contributed by atoms with Gasteiger partial charge in [-0.05, 0) is 76.8 Å². The predicted molar refractivity (Wildman–Crippen MR) is 130 cm³/mol. The van der Waals surface area contributed by atoms with Crippen LogP contribution in [0.4, 0.5) is 10.5 Å². The van der Waals surface area contributed by atoms with Gasteiger partial charge in [-0.1, -0.05) is 31.0 Å². The van der Waals surface area contributed by atoms with E-state index < -0.39 is 0 Å². The highest BCUT2D eigenvalue weighted by Crippen LogP contribution is 2.28. The lowest BCUT2D eigenvalue weighted by atomic mass is 9.93. The normalized spacial score (nSPS) is 15.5. The summed E-state index contributed by atoms with van der Waals surface area (Å²) in [7, 11) is 0. The van der Waals surface area contributed by atoms with Gasteiger partial charge in [-0.15, -0.1) is 0 Å². The van der Waals surface area contributed by atoms with E-state index in [1.807, 2.05) is 33.8 Å². The van der Waals surface area contributed by atoms with Gasteiger partial charge in [0.2, 0.25) is 0 Å². The third-order valence-electron chi connectivity index (χ3n) is 5.36. The number of nitrogens with zero attached hydrogens (tertiary/aromatic N) is 1. The van der Waals surface area contributed by atoms with E-state index in [2.05, 4.69) is 20.9 Å². The number of amides is 2. The Morgan fingerprint density at radius 2 is 2.10 bits per heavy atom. The Labute approximate surface area is 191 Å². The number of hydrogen-bond acceptors (Lipinski definition) is 4. The zero-order valence-electron chi connectivity index (χ0n) is 19.1. The van der Waals surface area contributed by atoms with Crippen LogP contribution in [0.25, 0.3) is 0 Å². The molecule has 1 aromatic carbocycles. The molecule has 31 heavy (non-hydrogen) atoms. The summed E-state index contributed by atoms with van der Waals surface area (Å²) in [5, 5.41) is 9.79. The molecule has 0 aliphatic heterocycles. The van der Waals surface area contributed by atoms with E-state index in [1.165, 1.54) is 19.3 Å². The number of halogens is 1. The molecule has 1 fully saturated rings. The summed E-state index contributed by atoms with van der Waals surface area (Å²) in [6, 6.07) is 5.53. The molecule has 3 N–H and O–H groups in total. The molecule has 0 spiro atoms. The van der Waals surface area contributed by atoms with Crippen LogP contribution in [0.5, 0.6) is 5.75 Å². The maximum atomic E-state index is 12.7. The number of ether oxygens (including phenoxy) is 1. The minimum Gasteiger partial charge on any atom is -0.491 e. The summed E-state index contributed by atoms with van der Waals surface area (Å²) in [5.74, 6) is 0.597. The van der Waals surface area contributed by atoms with Crippen LogP contribution in [-0.2, 0) is 0 Å². The zero-order valence-corrected chi connectivity index (χ0v) is 19.8. The highest BCUT2D eigenvalue weighted by atomic mass is 35.5. The van der Waals surface area contributed by atoms with Gasteiger partial charge in [0.05, 0.1) is 24.2 Å². The van der Waals surface area contributed by atoms with Gasteiger partial charge in [-0.3, -0.25) is 4.99 Å². The molecular weight excluding hydrogens is 412 g/mol. The van der Waals surface area contributed by atoms with Gasteiger partial charge >= 0.3 is 6.03 Å². The van der Waals surface area contributed by atoms with Gasteiger partial charge in [-0.25, -0.2) is 4.79 Å². The average molecular weight is 447 g/mol. The molecule has 7 heteroatoms. The summed E-state index contributed by atoms with van der Waals surface area (Å²) in [4.78, 5) is 17.0. The molecule has 1 aliphatic carbocycles. The fourth-order valence-electron chi connectivity index (χ4n) is 2.85.